The molecule has 0 spiro atoms. The summed E-state index contributed by atoms with van der Waals surface area (Å²) < 4.78 is 0. The second-order valence-electron chi connectivity index (χ2n) is 6.50. The summed E-state index contributed by atoms with van der Waals surface area (Å²) in [5.41, 5.74) is 1.23. The van der Waals surface area contributed by atoms with Crippen LogP contribution < -0.4 is 0 Å². The van der Waals surface area contributed by atoms with Crippen molar-refractivity contribution in [2.75, 3.05) is 0 Å². The van der Waals surface area contributed by atoms with E-state index in [2.05, 4.69) is 4.98 Å². The van der Waals surface area contributed by atoms with Gasteiger partial charge in [-0.15, -0.1) is 0 Å². The van der Waals surface area contributed by atoms with Crippen molar-refractivity contribution in [1.82, 2.24) is 4.98 Å². The molecule has 0 aliphatic carbocycles. The zero-order valence-corrected chi connectivity index (χ0v) is 16.5. The van der Waals surface area contributed by atoms with E-state index in [1.807, 2.05) is 0 Å². The van der Waals surface area contributed by atoms with E-state index in [0.717, 1.165) is 0 Å². The predicted molar refractivity (Wildman–Crippen MR) is 117 cm³/mol. The second-order valence-corrected chi connectivity index (χ2v) is 6.50. The van der Waals surface area contributed by atoms with Gasteiger partial charge in [-0.1, -0.05) is 18.2 Å². The van der Waals surface area contributed by atoms with E-state index in [-0.39, 0.29) is 22.8 Å². The molecule has 158 valence electrons. The largest absolute Gasteiger partial charge is 0.288 e. The minimum absolute atomic E-state index is 0.0527. The number of carbonyl (C=O) groups excluding carboxylic acids is 2. The molecule has 9 nitrogen and oxygen atoms in total. The van der Waals surface area contributed by atoms with E-state index in [4.69, 9.17) is 0 Å². The number of allylic oxidation sites excluding steroid dienone is 2. The Morgan fingerprint density at radius 2 is 1.03 bits per heavy atom. The molecule has 3 rings (SSSR count). The van der Waals surface area contributed by atoms with Crippen molar-refractivity contribution in [2.24, 2.45) is 0 Å². The third-order valence-electron chi connectivity index (χ3n) is 4.32. The third kappa shape index (κ3) is 5.63. The van der Waals surface area contributed by atoms with Gasteiger partial charge in [-0.2, -0.15) is 0 Å². The highest BCUT2D eigenvalue weighted by Crippen LogP contribution is 2.15. The van der Waals surface area contributed by atoms with Crippen molar-refractivity contribution < 1.29 is 19.4 Å². The summed E-state index contributed by atoms with van der Waals surface area (Å²) in [4.78, 5) is 49.2. The van der Waals surface area contributed by atoms with E-state index < -0.39 is 21.4 Å². The normalized spacial score (nSPS) is 11.0. The summed E-state index contributed by atoms with van der Waals surface area (Å²) in [7, 11) is 0. The Labute approximate surface area is 181 Å². The molecule has 0 N–H and O–H groups in total. The summed E-state index contributed by atoms with van der Waals surface area (Å²) in [6.07, 6.45) is 5.53. The van der Waals surface area contributed by atoms with Gasteiger partial charge in [0.05, 0.1) is 9.85 Å². The molecule has 32 heavy (non-hydrogen) atoms. The smallest absolute Gasteiger partial charge is 0.269 e. The van der Waals surface area contributed by atoms with Gasteiger partial charge >= 0.3 is 0 Å². The number of carbonyl (C=O) groups is 2. The van der Waals surface area contributed by atoms with Gasteiger partial charge < -0.3 is 0 Å². The van der Waals surface area contributed by atoms with Gasteiger partial charge in [-0.25, -0.2) is 4.98 Å². The Hall–Kier alpha value is -4.79. The lowest BCUT2D eigenvalue weighted by atomic mass is 10.1. The molecule has 3 aromatic rings. The topological polar surface area (TPSA) is 133 Å². The Morgan fingerprint density at radius 3 is 1.38 bits per heavy atom. The highest BCUT2D eigenvalue weighted by atomic mass is 16.6. The second kappa shape index (κ2) is 9.81. The fourth-order valence-electron chi connectivity index (χ4n) is 2.64. The van der Waals surface area contributed by atoms with E-state index in [9.17, 15) is 29.8 Å². The van der Waals surface area contributed by atoms with Crippen LogP contribution in [0.1, 0.15) is 32.1 Å². The number of rotatable bonds is 8. The van der Waals surface area contributed by atoms with Gasteiger partial charge in [0.1, 0.15) is 11.4 Å². The van der Waals surface area contributed by atoms with Gasteiger partial charge in [-0.3, -0.25) is 29.8 Å². The van der Waals surface area contributed by atoms with Crippen molar-refractivity contribution in [3.8, 4) is 0 Å². The molecular weight excluding hydrogens is 414 g/mol. The minimum Gasteiger partial charge on any atom is -0.288 e. The van der Waals surface area contributed by atoms with Crippen LogP contribution in [0.25, 0.3) is 12.2 Å². The summed E-state index contributed by atoms with van der Waals surface area (Å²) in [6.45, 7) is 0. The van der Waals surface area contributed by atoms with Crippen molar-refractivity contribution in [3.63, 3.8) is 0 Å². The van der Waals surface area contributed by atoms with Crippen LogP contribution in [-0.4, -0.2) is 26.4 Å². The Morgan fingerprint density at radius 1 is 0.656 bits per heavy atom. The summed E-state index contributed by atoms with van der Waals surface area (Å²) in [6, 6.07) is 15.9. The number of benzene rings is 2. The van der Waals surface area contributed by atoms with Crippen LogP contribution in [0.5, 0.6) is 0 Å². The maximum Gasteiger partial charge on any atom is 0.269 e. The molecule has 0 aliphatic heterocycles. The molecule has 0 amide bonds. The Bertz CT molecular complexity index is 1150. The lowest BCUT2D eigenvalue weighted by molar-refractivity contribution is -0.385. The van der Waals surface area contributed by atoms with Crippen molar-refractivity contribution in [1.29, 1.82) is 0 Å². The zero-order chi connectivity index (χ0) is 23.1. The highest BCUT2D eigenvalue weighted by molar-refractivity contribution is 6.08. The number of pyridine rings is 1. The van der Waals surface area contributed by atoms with Crippen LogP contribution in [0, 0.1) is 20.2 Å². The molecule has 9 heteroatoms. The van der Waals surface area contributed by atoms with Crippen LogP contribution in [-0.2, 0) is 0 Å². The summed E-state index contributed by atoms with van der Waals surface area (Å²) in [5, 5.41) is 21.4. The van der Waals surface area contributed by atoms with E-state index in [0.29, 0.717) is 11.1 Å². The molecule has 0 saturated heterocycles. The number of hydrogen-bond acceptors (Lipinski definition) is 7. The molecule has 0 fully saturated rings. The quantitative estimate of drug-likeness (QED) is 0.219. The number of non-ortho nitro benzene ring substituents is 2. The Kier molecular flexibility index (Phi) is 6.72. The first kappa shape index (κ1) is 21.9. The maximum atomic E-state index is 12.4. The van der Waals surface area contributed by atoms with Crippen LogP contribution >= 0.6 is 0 Å². The van der Waals surface area contributed by atoms with E-state index >= 15 is 0 Å². The number of aromatic nitrogens is 1. The molecule has 0 bridgehead atoms. The zero-order valence-electron chi connectivity index (χ0n) is 16.5. The molecule has 0 atom stereocenters. The van der Waals surface area contributed by atoms with Gasteiger partial charge in [0.2, 0.25) is 11.6 Å². The molecule has 0 aliphatic rings. The Balaban J connectivity index is 1.69. The average Bonchev–Trinajstić information content (AvgIpc) is 2.81. The molecule has 2 aromatic carbocycles. The van der Waals surface area contributed by atoms with E-state index in [1.54, 1.807) is 0 Å². The number of hydrogen-bond donors (Lipinski definition) is 0. The lowest BCUT2D eigenvalue weighted by Gasteiger charge is -1.99. The molecule has 1 aromatic heterocycles. The van der Waals surface area contributed by atoms with Gasteiger partial charge in [-0.05, 0) is 59.7 Å². The van der Waals surface area contributed by atoms with Crippen LogP contribution in [0.15, 0.2) is 78.9 Å². The number of nitro groups is 2. The SMILES string of the molecule is O=C(/C=C\c1ccc([N+](=O)[O-])cc1)c1cccc(C(=O)/C=C\c2ccc([N+](=O)[O-])cc2)n1. The first-order valence-electron chi connectivity index (χ1n) is 9.24. The standard InChI is InChI=1S/C23H15N3O6/c27-22(14-8-16-4-10-18(11-5-16)25(29)30)20-2-1-3-21(24-20)23(28)15-9-17-6-12-19(13-7-17)26(31)32/h1-15H/b14-8-,15-9-. The van der Waals surface area contributed by atoms with Gasteiger partial charge in [0.15, 0.2) is 0 Å². The van der Waals surface area contributed by atoms with Gasteiger partial charge in [0, 0.05) is 24.3 Å². The number of nitro benzene ring substituents is 2. The molecule has 0 saturated carbocycles. The minimum atomic E-state index is -0.513. The number of ketones is 2. The van der Waals surface area contributed by atoms with Crippen molar-refractivity contribution in [2.45, 2.75) is 0 Å². The van der Waals surface area contributed by atoms with E-state index in [1.165, 1.54) is 91.0 Å². The van der Waals surface area contributed by atoms with Gasteiger partial charge in [0.25, 0.3) is 11.4 Å². The fraction of sp³-hybridized carbons (Fsp3) is 0. The van der Waals surface area contributed by atoms with Crippen LogP contribution in [0.2, 0.25) is 0 Å². The molecular formula is C23H15N3O6. The lowest BCUT2D eigenvalue weighted by Crippen LogP contribution is -2.05. The van der Waals surface area contributed by atoms with Crippen molar-refractivity contribution in [3.05, 3.63) is 122 Å². The van der Waals surface area contributed by atoms with Crippen molar-refractivity contribution >= 4 is 35.1 Å². The van der Waals surface area contributed by atoms with Crippen LogP contribution in [0.3, 0.4) is 0 Å². The predicted octanol–water partition coefficient (Wildman–Crippen LogP) is 4.69. The fourth-order valence-corrected chi connectivity index (χ4v) is 2.64. The summed E-state index contributed by atoms with van der Waals surface area (Å²) in [5.74, 6) is -0.866. The highest BCUT2D eigenvalue weighted by Gasteiger charge is 2.10. The first-order chi connectivity index (χ1) is 15.3. The molecule has 1 heterocycles. The molecule has 0 radical (unpaired) electrons. The monoisotopic (exact) mass is 429 g/mol. The maximum absolute atomic E-state index is 12.4. The van der Waals surface area contributed by atoms with Crippen LogP contribution in [0.4, 0.5) is 11.4 Å². The molecule has 0 unspecified atom stereocenters. The average molecular weight is 429 g/mol. The number of nitrogens with zero attached hydrogens (tertiary/aromatic N) is 3. The first-order valence-corrected chi connectivity index (χ1v) is 9.24. The summed E-state index contributed by atoms with van der Waals surface area (Å²) >= 11 is 0. The third-order valence-corrected chi connectivity index (χ3v) is 4.32.